The number of nitrogen functional groups attached to an aromatic ring is 1. The number of carbonyl (C=O) groups is 1. The molecule has 4 nitrogen and oxygen atoms in total. The second-order valence-corrected chi connectivity index (χ2v) is 5.27. The highest BCUT2D eigenvalue weighted by atomic mass is 16.5. The Morgan fingerprint density at radius 3 is 2.71 bits per heavy atom. The molecule has 0 spiro atoms. The number of anilines is 2. The van der Waals surface area contributed by atoms with E-state index in [0.717, 1.165) is 29.8 Å². The fourth-order valence-electron chi connectivity index (χ4n) is 2.50. The minimum atomic E-state index is -0.00883. The molecule has 3 N–H and O–H groups in total. The first-order chi connectivity index (χ1) is 10.2. The predicted octanol–water partition coefficient (Wildman–Crippen LogP) is 3.51. The molecular weight excluding hydrogens is 264 g/mol. The number of carbonyl (C=O) groups excluding carboxylic acids is 1. The lowest BCUT2D eigenvalue weighted by molar-refractivity contribution is -0.115. The molecule has 0 fully saturated rings. The first kappa shape index (κ1) is 13.5. The normalized spacial score (nSPS) is 12.9. The van der Waals surface area contributed by atoms with E-state index in [0.29, 0.717) is 17.9 Å². The third-order valence-electron chi connectivity index (χ3n) is 3.55. The van der Waals surface area contributed by atoms with Gasteiger partial charge in [-0.05, 0) is 35.7 Å². The van der Waals surface area contributed by atoms with Gasteiger partial charge in [0, 0.05) is 11.8 Å². The summed E-state index contributed by atoms with van der Waals surface area (Å²) in [6, 6.07) is 11.6. The topological polar surface area (TPSA) is 64.3 Å². The van der Waals surface area contributed by atoms with E-state index < -0.39 is 0 Å². The molecule has 0 unspecified atom stereocenters. The van der Waals surface area contributed by atoms with Crippen LogP contribution in [0.5, 0.6) is 11.5 Å². The molecule has 0 aromatic heterocycles. The molecule has 0 atom stereocenters. The molecule has 0 saturated carbocycles. The highest BCUT2D eigenvalue weighted by Crippen LogP contribution is 2.35. The van der Waals surface area contributed by atoms with Gasteiger partial charge in [0.05, 0.1) is 12.1 Å². The summed E-state index contributed by atoms with van der Waals surface area (Å²) in [5, 5.41) is 2.80. The van der Waals surface area contributed by atoms with Gasteiger partial charge in [-0.2, -0.15) is 0 Å². The number of hydrogen-bond acceptors (Lipinski definition) is 3. The number of ether oxygens (including phenoxy) is 1. The molecule has 1 amide bonds. The second-order valence-electron chi connectivity index (χ2n) is 5.27. The lowest BCUT2D eigenvalue weighted by Crippen LogP contribution is -2.03. The molecule has 2 aromatic carbocycles. The zero-order valence-corrected chi connectivity index (χ0v) is 12.0. The molecule has 0 aliphatic carbocycles. The molecule has 0 radical (unpaired) electrons. The van der Waals surface area contributed by atoms with Crippen molar-refractivity contribution in [1.29, 1.82) is 0 Å². The number of rotatable bonds is 4. The lowest BCUT2D eigenvalue weighted by Gasteiger charge is -2.11. The maximum atomic E-state index is 11.4. The monoisotopic (exact) mass is 282 g/mol. The maximum absolute atomic E-state index is 11.4. The van der Waals surface area contributed by atoms with Crippen LogP contribution in [-0.2, 0) is 17.6 Å². The minimum Gasteiger partial charge on any atom is -0.455 e. The summed E-state index contributed by atoms with van der Waals surface area (Å²) in [5.74, 6) is 1.30. The highest BCUT2D eigenvalue weighted by Gasteiger charge is 2.20. The van der Waals surface area contributed by atoms with Gasteiger partial charge in [-0.15, -0.1) is 0 Å². The average molecular weight is 282 g/mol. The second kappa shape index (κ2) is 5.48. The van der Waals surface area contributed by atoms with Crippen LogP contribution >= 0.6 is 0 Å². The largest absolute Gasteiger partial charge is 0.455 e. The third kappa shape index (κ3) is 2.84. The Morgan fingerprint density at radius 2 is 2.00 bits per heavy atom. The number of nitrogens with one attached hydrogen (secondary N) is 1. The SMILES string of the molecule is CCCc1ccc(Oc2cc3c(cc2N)CC(=O)N3)cc1. The Kier molecular flexibility index (Phi) is 3.52. The number of hydrogen-bond donors (Lipinski definition) is 2. The Labute approximate surface area is 123 Å². The molecule has 108 valence electrons. The molecule has 1 aliphatic heterocycles. The summed E-state index contributed by atoms with van der Waals surface area (Å²) in [6.07, 6.45) is 2.57. The van der Waals surface area contributed by atoms with E-state index in [2.05, 4.69) is 24.4 Å². The van der Waals surface area contributed by atoms with Gasteiger partial charge in [0.1, 0.15) is 5.75 Å². The van der Waals surface area contributed by atoms with E-state index in [1.54, 1.807) is 12.1 Å². The van der Waals surface area contributed by atoms with Crippen molar-refractivity contribution in [3.05, 3.63) is 47.5 Å². The Bertz CT molecular complexity index is 678. The third-order valence-corrected chi connectivity index (χ3v) is 3.55. The maximum Gasteiger partial charge on any atom is 0.228 e. The molecule has 3 rings (SSSR count). The van der Waals surface area contributed by atoms with Gasteiger partial charge in [0.25, 0.3) is 0 Å². The molecule has 1 aliphatic rings. The molecular formula is C17H18N2O2. The molecule has 21 heavy (non-hydrogen) atoms. The predicted molar refractivity (Wildman–Crippen MR) is 83.7 cm³/mol. The highest BCUT2D eigenvalue weighted by molar-refractivity contribution is 6.00. The first-order valence-corrected chi connectivity index (χ1v) is 7.14. The minimum absolute atomic E-state index is 0.00883. The number of aryl methyl sites for hydroxylation is 1. The van der Waals surface area contributed by atoms with Gasteiger partial charge in [-0.3, -0.25) is 4.79 Å². The number of amides is 1. The fraction of sp³-hybridized carbons (Fsp3) is 0.235. The van der Waals surface area contributed by atoms with Crippen molar-refractivity contribution in [2.75, 3.05) is 11.1 Å². The van der Waals surface area contributed by atoms with Gasteiger partial charge in [0.15, 0.2) is 5.75 Å². The smallest absolute Gasteiger partial charge is 0.228 e. The van der Waals surface area contributed by atoms with Crippen LogP contribution < -0.4 is 15.8 Å². The van der Waals surface area contributed by atoms with E-state index in [1.165, 1.54) is 5.56 Å². The summed E-state index contributed by atoms with van der Waals surface area (Å²) in [7, 11) is 0. The van der Waals surface area contributed by atoms with Gasteiger partial charge >= 0.3 is 0 Å². The average Bonchev–Trinajstić information content (AvgIpc) is 2.81. The van der Waals surface area contributed by atoms with Gasteiger partial charge in [0.2, 0.25) is 5.91 Å². The van der Waals surface area contributed by atoms with E-state index >= 15 is 0 Å². The van der Waals surface area contributed by atoms with Crippen molar-refractivity contribution in [3.8, 4) is 11.5 Å². The van der Waals surface area contributed by atoms with Gasteiger partial charge in [-0.25, -0.2) is 0 Å². The summed E-state index contributed by atoms with van der Waals surface area (Å²) in [4.78, 5) is 11.4. The Hall–Kier alpha value is -2.49. The van der Waals surface area contributed by atoms with Crippen LogP contribution in [0.1, 0.15) is 24.5 Å². The van der Waals surface area contributed by atoms with Crippen molar-refractivity contribution >= 4 is 17.3 Å². The number of benzene rings is 2. The van der Waals surface area contributed by atoms with Crippen molar-refractivity contribution < 1.29 is 9.53 Å². The van der Waals surface area contributed by atoms with Crippen LogP contribution in [0.25, 0.3) is 0 Å². The van der Waals surface area contributed by atoms with Crippen LogP contribution in [0.3, 0.4) is 0 Å². The van der Waals surface area contributed by atoms with Crippen molar-refractivity contribution in [2.45, 2.75) is 26.2 Å². The summed E-state index contributed by atoms with van der Waals surface area (Å²) in [5.41, 5.74) is 9.54. The molecule has 0 saturated heterocycles. The quantitative estimate of drug-likeness (QED) is 0.843. The van der Waals surface area contributed by atoms with E-state index in [4.69, 9.17) is 10.5 Å². The molecule has 4 heteroatoms. The van der Waals surface area contributed by atoms with Crippen LogP contribution in [0.4, 0.5) is 11.4 Å². The van der Waals surface area contributed by atoms with Gasteiger partial charge in [-0.1, -0.05) is 25.5 Å². The fourth-order valence-corrected chi connectivity index (χ4v) is 2.50. The Morgan fingerprint density at radius 1 is 1.24 bits per heavy atom. The summed E-state index contributed by atoms with van der Waals surface area (Å²) in [6.45, 7) is 2.16. The zero-order valence-electron chi connectivity index (χ0n) is 12.0. The van der Waals surface area contributed by atoms with Gasteiger partial charge < -0.3 is 15.8 Å². The first-order valence-electron chi connectivity index (χ1n) is 7.14. The summed E-state index contributed by atoms with van der Waals surface area (Å²) >= 11 is 0. The standard InChI is InChI=1S/C17H18N2O2/c1-2-3-11-4-6-13(7-5-11)21-16-10-15-12(8-14(16)18)9-17(20)19-15/h4-8,10H,2-3,9,18H2,1H3,(H,19,20). The zero-order chi connectivity index (χ0) is 14.8. The molecule has 0 bridgehead atoms. The van der Waals surface area contributed by atoms with Crippen LogP contribution in [0.2, 0.25) is 0 Å². The summed E-state index contributed by atoms with van der Waals surface area (Å²) < 4.78 is 5.83. The lowest BCUT2D eigenvalue weighted by atomic mass is 10.1. The van der Waals surface area contributed by atoms with E-state index in [-0.39, 0.29) is 5.91 Å². The number of fused-ring (bicyclic) bond motifs is 1. The van der Waals surface area contributed by atoms with Crippen molar-refractivity contribution in [3.63, 3.8) is 0 Å². The molecule has 1 heterocycles. The molecule has 2 aromatic rings. The van der Waals surface area contributed by atoms with Crippen LogP contribution in [-0.4, -0.2) is 5.91 Å². The van der Waals surface area contributed by atoms with Crippen molar-refractivity contribution in [1.82, 2.24) is 0 Å². The van der Waals surface area contributed by atoms with Crippen molar-refractivity contribution in [2.24, 2.45) is 0 Å². The number of nitrogens with two attached hydrogens (primary N) is 1. The van der Waals surface area contributed by atoms with Crippen LogP contribution in [0, 0.1) is 0 Å². The van der Waals surface area contributed by atoms with E-state index in [9.17, 15) is 4.79 Å². The van der Waals surface area contributed by atoms with Crippen LogP contribution in [0.15, 0.2) is 36.4 Å². The van der Waals surface area contributed by atoms with E-state index in [1.807, 2.05) is 12.1 Å². The Balaban J connectivity index is 1.82.